The Kier molecular flexibility index (Phi) is 3.92. The van der Waals surface area contributed by atoms with Gasteiger partial charge in [0.15, 0.2) is 0 Å². The first kappa shape index (κ1) is 12.8. The van der Waals surface area contributed by atoms with Gasteiger partial charge in [0.05, 0.1) is 12.2 Å². The molecule has 2 aliphatic rings. The first-order valence-electron chi connectivity index (χ1n) is 7.53. The number of nitrogens with one attached hydrogen (secondary N) is 1. The van der Waals surface area contributed by atoms with E-state index in [1.54, 1.807) is 0 Å². The number of likely N-dealkylation sites (N-methyl/N-ethyl adjacent to an activating group) is 1. The molecule has 3 nitrogen and oxygen atoms in total. The van der Waals surface area contributed by atoms with Gasteiger partial charge >= 0.3 is 0 Å². The highest BCUT2D eigenvalue weighted by molar-refractivity contribution is 5.57. The van der Waals surface area contributed by atoms with Gasteiger partial charge in [0.1, 0.15) is 11.9 Å². The minimum absolute atomic E-state index is 0.266. The van der Waals surface area contributed by atoms with Crippen molar-refractivity contribution in [1.29, 1.82) is 0 Å². The van der Waals surface area contributed by atoms with Gasteiger partial charge in [0.2, 0.25) is 0 Å². The van der Waals surface area contributed by atoms with Gasteiger partial charge in [-0.25, -0.2) is 0 Å². The number of nitrogens with zero attached hydrogens (tertiary/aromatic N) is 1. The van der Waals surface area contributed by atoms with E-state index >= 15 is 0 Å². The van der Waals surface area contributed by atoms with Crippen molar-refractivity contribution in [2.75, 3.05) is 25.5 Å². The molecule has 1 atom stereocenters. The van der Waals surface area contributed by atoms with Crippen LogP contribution in [-0.2, 0) is 0 Å². The maximum atomic E-state index is 6.09. The molecule has 1 aromatic rings. The maximum Gasteiger partial charge on any atom is 0.142 e. The Balaban J connectivity index is 1.56. The summed E-state index contributed by atoms with van der Waals surface area (Å²) < 4.78 is 6.09. The lowest BCUT2D eigenvalue weighted by Gasteiger charge is -2.35. The van der Waals surface area contributed by atoms with Gasteiger partial charge in [-0.2, -0.15) is 0 Å². The molecule has 0 spiro atoms. The van der Waals surface area contributed by atoms with E-state index < -0.39 is 0 Å². The molecule has 0 radical (unpaired) electrons. The third-order valence-electron chi connectivity index (χ3n) is 4.39. The number of ether oxygens (including phenoxy) is 1. The zero-order valence-corrected chi connectivity index (χ0v) is 11.8. The molecule has 19 heavy (non-hydrogen) atoms. The number of fused-ring (bicyclic) bond motifs is 1. The van der Waals surface area contributed by atoms with Crippen LogP contribution in [0.2, 0.25) is 0 Å². The number of hydrogen-bond acceptors (Lipinski definition) is 3. The van der Waals surface area contributed by atoms with Crippen LogP contribution in [0.15, 0.2) is 24.3 Å². The molecule has 0 saturated heterocycles. The molecular formula is C16H24N2O. The van der Waals surface area contributed by atoms with Crippen LogP contribution in [0.4, 0.5) is 5.69 Å². The Morgan fingerprint density at radius 3 is 2.84 bits per heavy atom. The summed E-state index contributed by atoms with van der Waals surface area (Å²) in [6, 6.07) is 8.97. The number of rotatable bonds is 3. The summed E-state index contributed by atoms with van der Waals surface area (Å²) in [6.07, 6.45) is 7.17. The van der Waals surface area contributed by atoms with Crippen molar-refractivity contribution in [3.05, 3.63) is 24.3 Å². The Bertz CT molecular complexity index is 415. The molecule has 1 fully saturated rings. The summed E-state index contributed by atoms with van der Waals surface area (Å²) in [7, 11) is 2.25. The largest absolute Gasteiger partial charge is 0.485 e. The predicted octanol–water partition coefficient (Wildman–Crippen LogP) is 3.12. The van der Waals surface area contributed by atoms with Crippen molar-refractivity contribution < 1.29 is 4.74 Å². The van der Waals surface area contributed by atoms with Crippen LogP contribution in [0.25, 0.3) is 0 Å². The first-order valence-corrected chi connectivity index (χ1v) is 7.53. The van der Waals surface area contributed by atoms with Crippen molar-refractivity contribution >= 4 is 5.69 Å². The molecule has 1 heterocycles. The van der Waals surface area contributed by atoms with E-state index in [4.69, 9.17) is 4.74 Å². The molecule has 3 heteroatoms. The van der Waals surface area contributed by atoms with Crippen LogP contribution in [0.1, 0.15) is 32.1 Å². The number of para-hydroxylation sites is 2. The van der Waals surface area contributed by atoms with Crippen LogP contribution in [0, 0.1) is 0 Å². The van der Waals surface area contributed by atoms with Gasteiger partial charge in [-0.15, -0.1) is 0 Å². The number of hydrogen-bond donors (Lipinski definition) is 1. The van der Waals surface area contributed by atoms with Crippen molar-refractivity contribution in [3.63, 3.8) is 0 Å². The molecule has 1 aliphatic heterocycles. The van der Waals surface area contributed by atoms with Crippen LogP contribution in [-0.4, -0.2) is 37.2 Å². The molecule has 1 unspecified atom stereocenters. The van der Waals surface area contributed by atoms with E-state index in [9.17, 15) is 0 Å². The average molecular weight is 260 g/mol. The third-order valence-corrected chi connectivity index (χ3v) is 4.39. The zero-order valence-electron chi connectivity index (χ0n) is 11.8. The summed E-state index contributed by atoms with van der Waals surface area (Å²) in [4.78, 5) is 2.50. The van der Waals surface area contributed by atoms with Gasteiger partial charge in [-0.3, -0.25) is 4.90 Å². The van der Waals surface area contributed by atoms with Crippen molar-refractivity contribution in [3.8, 4) is 5.75 Å². The Morgan fingerprint density at radius 2 is 2.00 bits per heavy atom. The molecular weight excluding hydrogens is 236 g/mol. The second-order valence-electron chi connectivity index (χ2n) is 5.85. The lowest BCUT2D eigenvalue weighted by molar-refractivity contribution is 0.110. The molecule has 1 aliphatic carbocycles. The fraction of sp³-hybridized carbons (Fsp3) is 0.625. The smallest absolute Gasteiger partial charge is 0.142 e. The van der Waals surface area contributed by atoms with Crippen LogP contribution >= 0.6 is 0 Å². The normalized spacial score (nSPS) is 23.6. The highest BCUT2D eigenvalue weighted by atomic mass is 16.5. The molecule has 0 amide bonds. The second-order valence-corrected chi connectivity index (χ2v) is 5.85. The van der Waals surface area contributed by atoms with Crippen molar-refractivity contribution in [2.24, 2.45) is 0 Å². The molecule has 104 valence electrons. The Labute approximate surface area is 115 Å². The number of anilines is 1. The van der Waals surface area contributed by atoms with E-state index in [-0.39, 0.29) is 6.10 Å². The van der Waals surface area contributed by atoms with Gasteiger partial charge in [0, 0.05) is 12.6 Å². The topological polar surface area (TPSA) is 24.5 Å². The zero-order chi connectivity index (χ0) is 13.1. The first-order chi connectivity index (χ1) is 9.33. The van der Waals surface area contributed by atoms with Gasteiger partial charge in [-0.05, 0) is 32.0 Å². The van der Waals surface area contributed by atoms with Crippen LogP contribution in [0.5, 0.6) is 5.75 Å². The van der Waals surface area contributed by atoms with E-state index in [1.165, 1.54) is 32.1 Å². The molecule has 3 rings (SSSR count). The van der Waals surface area contributed by atoms with E-state index in [0.717, 1.165) is 30.6 Å². The third kappa shape index (κ3) is 3.03. The SMILES string of the molecule is CN(CC1CNc2ccccc2O1)C1CCCCC1. The fourth-order valence-corrected chi connectivity index (χ4v) is 3.25. The Morgan fingerprint density at radius 1 is 1.21 bits per heavy atom. The van der Waals surface area contributed by atoms with Crippen molar-refractivity contribution in [2.45, 2.75) is 44.2 Å². The lowest BCUT2D eigenvalue weighted by atomic mass is 9.94. The standard InChI is InChI=1S/C16H24N2O/c1-18(13-7-3-2-4-8-13)12-14-11-17-15-9-5-6-10-16(15)19-14/h5-6,9-10,13-14,17H,2-4,7-8,11-12H2,1H3. The van der Waals surface area contributed by atoms with Gasteiger partial charge in [0.25, 0.3) is 0 Å². The van der Waals surface area contributed by atoms with Crippen LogP contribution in [0.3, 0.4) is 0 Å². The average Bonchev–Trinajstić information content (AvgIpc) is 2.48. The highest BCUT2D eigenvalue weighted by Gasteiger charge is 2.24. The second kappa shape index (κ2) is 5.83. The minimum Gasteiger partial charge on any atom is -0.485 e. The highest BCUT2D eigenvalue weighted by Crippen LogP contribution is 2.29. The summed E-state index contributed by atoms with van der Waals surface area (Å²) in [5.41, 5.74) is 1.12. The fourth-order valence-electron chi connectivity index (χ4n) is 3.25. The molecule has 1 saturated carbocycles. The quantitative estimate of drug-likeness (QED) is 0.903. The number of benzene rings is 1. The predicted molar refractivity (Wildman–Crippen MR) is 78.9 cm³/mol. The minimum atomic E-state index is 0.266. The Hall–Kier alpha value is -1.22. The van der Waals surface area contributed by atoms with Gasteiger partial charge in [-0.1, -0.05) is 31.4 Å². The van der Waals surface area contributed by atoms with E-state index in [2.05, 4.69) is 29.4 Å². The van der Waals surface area contributed by atoms with E-state index in [1.807, 2.05) is 12.1 Å². The summed E-state index contributed by atoms with van der Waals surface area (Å²) in [5, 5.41) is 3.47. The lowest BCUT2D eigenvalue weighted by Crippen LogP contribution is -2.44. The molecule has 1 N–H and O–H groups in total. The maximum absolute atomic E-state index is 6.09. The molecule has 1 aromatic carbocycles. The van der Waals surface area contributed by atoms with Crippen LogP contribution < -0.4 is 10.1 Å². The monoisotopic (exact) mass is 260 g/mol. The van der Waals surface area contributed by atoms with Gasteiger partial charge < -0.3 is 10.1 Å². The molecule has 0 bridgehead atoms. The summed E-state index contributed by atoms with van der Waals surface area (Å²) >= 11 is 0. The summed E-state index contributed by atoms with van der Waals surface area (Å²) in [5.74, 6) is 0.996. The van der Waals surface area contributed by atoms with E-state index in [0.29, 0.717) is 0 Å². The summed E-state index contributed by atoms with van der Waals surface area (Å²) in [6.45, 7) is 1.93. The molecule has 0 aromatic heterocycles. The van der Waals surface area contributed by atoms with Crippen molar-refractivity contribution in [1.82, 2.24) is 4.90 Å².